The zero-order valence-electron chi connectivity index (χ0n) is 10.2. The van der Waals surface area contributed by atoms with Gasteiger partial charge in [-0.3, -0.25) is 19.9 Å². The molecule has 0 bridgehead atoms. The number of anilines is 2. The van der Waals surface area contributed by atoms with Gasteiger partial charge in [0.25, 0.3) is 5.91 Å². The molecule has 0 spiro atoms. The van der Waals surface area contributed by atoms with E-state index in [4.69, 9.17) is 17.4 Å². The van der Waals surface area contributed by atoms with E-state index in [0.717, 1.165) is 4.90 Å². The lowest BCUT2D eigenvalue weighted by Crippen LogP contribution is -2.48. The highest BCUT2D eigenvalue weighted by atomic mass is 35.5. The monoisotopic (exact) mass is 284 g/mol. The molecular formula is C10H13ClN6O2. The Kier molecular flexibility index (Phi) is 3.82. The Hall–Kier alpha value is -1.93. The lowest BCUT2D eigenvalue weighted by atomic mass is 10.0. The summed E-state index contributed by atoms with van der Waals surface area (Å²) in [5, 5.41) is 3.17. The first-order chi connectivity index (χ1) is 9.02. The minimum absolute atomic E-state index is 0.180. The van der Waals surface area contributed by atoms with Crippen LogP contribution in [-0.2, 0) is 9.59 Å². The van der Waals surface area contributed by atoms with Gasteiger partial charge in [-0.25, -0.2) is 10.8 Å². The predicted molar refractivity (Wildman–Crippen MR) is 69.3 cm³/mol. The number of rotatable bonds is 3. The van der Waals surface area contributed by atoms with Crippen LogP contribution in [-0.4, -0.2) is 39.8 Å². The third-order valence-electron chi connectivity index (χ3n) is 2.83. The maximum absolute atomic E-state index is 11.9. The fourth-order valence-corrected chi connectivity index (χ4v) is 1.90. The number of hydrazine groups is 1. The summed E-state index contributed by atoms with van der Waals surface area (Å²) in [6.07, 6.45) is 2.06. The zero-order valence-corrected chi connectivity index (χ0v) is 10.9. The summed E-state index contributed by atoms with van der Waals surface area (Å²) >= 11 is 5.94. The molecule has 0 radical (unpaired) electrons. The molecule has 0 saturated carbocycles. The van der Waals surface area contributed by atoms with Crippen molar-refractivity contribution in [3.63, 3.8) is 0 Å². The molecule has 1 aliphatic rings. The Morgan fingerprint density at radius 2 is 2.26 bits per heavy atom. The molecule has 1 saturated heterocycles. The normalized spacial score (nSPS) is 19.5. The van der Waals surface area contributed by atoms with Crippen LogP contribution in [0.4, 0.5) is 11.8 Å². The van der Waals surface area contributed by atoms with Gasteiger partial charge in [-0.1, -0.05) is 11.6 Å². The number of carbonyl (C=O) groups excluding carboxylic acids is 2. The van der Waals surface area contributed by atoms with E-state index in [-0.39, 0.29) is 22.8 Å². The van der Waals surface area contributed by atoms with Crippen molar-refractivity contribution in [3.8, 4) is 0 Å². The van der Waals surface area contributed by atoms with E-state index in [1.54, 1.807) is 0 Å². The molecule has 0 aliphatic carbocycles. The third kappa shape index (κ3) is 2.74. The van der Waals surface area contributed by atoms with Gasteiger partial charge < -0.3 is 5.32 Å². The van der Waals surface area contributed by atoms with Gasteiger partial charge in [-0.05, 0) is 6.42 Å². The number of nitrogens with zero attached hydrogens (tertiary/aromatic N) is 3. The van der Waals surface area contributed by atoms with Crippen molar-refractivity contribution in [1.82, 2.24) is 14.9 Å². The van der Waals surface area contributed by atoms with Crippen LogP contribution >= 0.6 is 11.6 Å². The lowest BCUT2D eigenvalue weighted by Gasteiger charge is -2.28. The van der Waals surface area contributed by atoms with Gasteiger partial charge in [0, 0.05) is 13.5 Å². The van der Waals surface area contributed by atoms with Gasteiger partial charge in [-0.2, -0.15) is 4.98 Å². The predicted octanol–water partition coefficient (Wildman–Crippen LogP) is -0.0251. The van der Waals surface area contributed by atoms with Gasteiger partial charge >= 0.3 is 0 Å². The Morgan fingerprint density at radius 3 is 2.95 bits per heavy atom. The first-order valence-electron chi connectivity index (χ1n) is 5.59. The average molecular weight is 285 g/mol. The van der Waals surface area contributed by atoms with Gasteiger partial charge in [0.1, 0.15) is 11.1 Å². The molecule has 1 aromatic rings. The van der Waals surface area contributed by atoms with Gasteiger partial charge in [-0.15, -0.1) is 0 Å². The maximum Gasteiger partial charge on any atom is 0.251 e. The number of nitrogens with two attached hydrogens (primary N) is 1. The summed E-state index contributed by atoms with van der Waals surface area (Å²) in [6.45, 7) is 0. The van der Waals surface area contributed by atoms with Crippen molar-refractivity contribution < 1.29 is 9.59 Å². The van der Waals surface area contributed by atoms with E-state index >= 15 is 0 Å². The molecule has 1 atom stereocenters. The Morgan fingerprint density at radius 1 is 1.53 bits per heavy atom. The van der Waals surface area contributed by atoms with E-state index in [0.29, 0.717) is 18.7 Å². The molecule has 4 N–H and O–H groups in total. The first-order valence-corrected chi connectivity index (χ1v) is 5.97. The Balaban J connectivity index is 2.17. The number of hydrogen-bond acceptors (Lipinski definition) is 7. The molecule has 9 heteroatoms. The van der Waals surface area contributed by atoms with Crippen molar-refractivity contribution >= 4 is 35.2 Å². The Bertz CT molecular complexity index is 523. The standard InChI is InChI=1S/C10H13ClN6O2/c1-17-7(18)3-2-6(9(17)19)14-8-5(11)4-13-10(15-8)16-12/h4,6H,2-3,12H2,1H3,(H2,13,14,15,16). The summed E-state index contributed by atoms with van der Waals surface area (Å²) in [5.74, 6) is 5.18. The second kappa shape index (κ2) is 5.37. The molecular weight excluding hydrogens is 272 g/mol. The molecule has 0 aromatic carbocycles. The minimum atomic E-state index is -0.541. The summed E-state index contributed by atoms with van der Waals surface area (Å²) in [6, 6.07) is -0.541. The largest absolute Gasteiger partial charge is 0.357 e. The summed E-state index contributed by atoms with van der Waals surface area (Å²) < 4.78 is 0. The molecule has 1 fully saturated rings. The molecule has 1 aromatic heterocycles. The number of hydrogen-bond donors (Lipinski definition) is 3. The van der Waals surface area contributed by atoms with Crippen LogP contribution in [0.1, 0.15) is 12.8 Å². The number of likely N-dealkylation sites (N-methyl/N-ethyl adjacent to an activating group) is 1. The van der Waals surface area contributed by atoms with E-state index < -0.39 is 6.04 Å². The molecule has 2 rings (SSSR count). The highest BCUT2D eigenvalue weighted by Gasteiger charge is 2.32. The average Bonchev–Trinajstić information content (AvgIpc) is 2.41. The third-order valence-corrected chi connectivity index (χ3v) is 3.11. The van der Waals surface area contributed by atoms with E-state index in [9.17, 15) is 9.59 Å². The number of nitrogen functional groups attached to an aromatic ring is 1. The van der Waals surface area contributed by atoms with Crippen LogP contribution in [0.5, 0.6) is 0 Å². The fourth-order valence-electron chi connectivity index (χ4n) is 1.75. The SMILES string of the molecule is CN1C(=O)CCC(Nc2nc(NN)ncc2Cl)C1=O. The van der Waals surface area contributed by atoms with E-state index in [1.807, 2.05) is 0 Å². The topological polar surface area (TPSA) is 113 Å². The molecule has 8 nitrogen and oxygen atoms in total. The second-order valence-corrected chi connectivity index (χ2v) is 4.47. The minimum Gasteiger partial charge on any atom is -0.357 e. The fraction of sp³-hybridized carbons (Fsp3) is 0.400. The van der Waals surface area contributed by atoms with Crippen molar-refractivity contribution in [1.29, 1.82) is 0 Å². The zero-order chi connectivity index (χ0) is 14.0. The van der Waals surface area contributed by atoms with Crippen LogP contribution < -0.4 is 16.6 Å². The summed E-state index contributed by atoms with van der Waals surface area (Å²) in [4.78, 5) is 32.2. The quantitative estimate of drug-likeness (QED) is 0.406. The highest BCUT2D eigenvalue weighted by molar-refractivity contribution is 6.32. The number of imide groups is 1. The molecule has 102 valence electrons. The lowest BCUT2D eigenvalue weighted by molar-refractivity contribution is -0.146. The molecule has 2 heterocycles. The van der Waals surface area contributed by atoms with Crippen LogP contribution in [0.25, 0.3) is 0 Å². The summed E-state index contributed by atoms with van der Waals surface area (Å²) in [5.41, 5.74) is 2.29. The maximum atomic E-state index is 11.9. The number of piperidine rings is 1. The van der Waals surface area contributed by atoms with Crippen molar-refractivity contribution in [2.75, 3.05) is 17.8 Å². The van der Waals surface area contributed by atoms with Crippen molar-refractivity contribution in [2.24, 2.45) is 5.84 Å². The van der Waals surface area contributed by atoms with Gasteiger partial charge in [0.2, 0.25) is 11.9 Å². The molecule has 19 heavy (non-hydrogen) atoms. The van der Waals surface area contributed by atoms with Crippen LogP contribution in [0, 0.1) is 0 Å². The van der Waals surface area contributed by atoms with Crippen LogP contribution in [0.2, 0.25) is 5.02 Å². The number of carbonyl (C=O) groups is 2. The second-order valence-electron chi connectivity index (χ2n) is 4.06. The van der Waals surface area contributed by atoms with Crippen LogP contribution in [0.3, 0.4) is 0 Å². The molecule has 2 amide bonds. The smallest absolute Gasteiger partial charge is 0.251 e. The van der Waals surface area contributed by atoms with Crippen molar-refractivity contribution in [2.45, 2.75) is 18.9 Å². The van der Waals surface area contributed by atoms with E-state index in [2.05, 4.69) is 20.7 Å². The van der Waals surface area contributed by atoms with Gasteiger partial charge in [0.05, 0.1) is 6.20 Å². The summed E-state index contributed by atoms with van der Waals surface area (Å²) in [7, 11) is 1.45. The Labute approximate surface area is 114 Å². The number of halogens is 1. The van der Waals surface area contributed by atoms with E-state index in [1.165, 1.54) is 13.2 Å². The molecule has 1 aliphatic heterocycles. The molecule has 1 unspecified atom stereocenters. The van der Waals surface area contributed by atoms with Gasteiger partial charge in [0.15, 0.2) is 5.82 Å². The number of nitrogens with one attached hydrogen (secondary N) is 2. The number of amides is 2. The number of aromatic nitrogens is 2. The first kappa shape index (κ1) is 13.5. The number of likely N-dealkylation sites (tertiary alicyclic amines) is 1. The highest BCUT2D eigenvalue weighted by Crippen LogP contribution is 2.22. The van der Waals surface area contributed by atoms with Crippen LogP contribution in [0.15, 0.2) is 6.20 Å². The van der Waals surface area contributed by atoms with Crippen molar-refractivity contribution in [3.05, 3.63) is 11.2 Å².